The summed E-state index contributed by atoms with van der Waals surface area (Å²) in [5.74, 6) is 2.30. The zero-order valence-corrected chi connectivity index (χ0v) is 23.4. The molecule has 212 valence electrons. The third-order valence-electron chi connectivity index (χ3n) is 8.44. The number of carbonyl (C=O) groups excluding carboxylic acids is 1. The van der Waals surface area contributed by atoms with Crippen LogP contribution in [0.15, 0.2) is 48.7 Å². The molecule has 9 nitrogen and oxygen atoms in total. The summed E-state index contributed by atoms with van der Waals surface area (Å²) in [5, 5.41) is 15.7. The molecule has 2 aromatic heterocycles. The van der Waals surface area contributed by atoms with Crippen LogP contribution in [-0.2, 0) is 37.3 Å². The predicted molar refractivity (Wildman–Crippen MR) is 155 cm³/mol. The van der Waals surface area contributed by atoms with Crippen LogP contribution in [0, 0.1) is 6.92 Å². The molecule has 9 heteroatoms. The summed E-state index contributed by atoms with van der Waals surface area (Å²) < 4.78 is 12.8. The van der Waals surface area contributed by atoms with Gasteiger partial charge in [0.2, 0.25) is 12.7 Å². The highest BCUT2D eigenvalue weighted by molar-refractivity contribution is 5.84. The summed E-state index contributed by atoms with van der Waals surface area (Å²) in [5.41, 5.74) is 6.65. The van der Waals surface area contributed by atoms with Gasteiger partial charge in [0, 0.05) is 43.3 Å². The normalized spacial score (nSPS) is 16.4. The van der Waals surface area contributed by atoms with Crippen molar-refractivity contribution in [2.45, 2.75) is 64.8 Å². The van der Waals surface area contributed by atoms with Crippen molar-refractivity contribution in [3.63, 3.8) is 0 Å². The second-order valence-electron chi connectivity index (χ2n) is 11.4. The summed E-state index contributed by atoms with van der Waals surface area (Å²) in [4.78, 5) is 23.2. The molecule has 0 unspecified atom stereocenters. The number of aryl methyl sites for hydroxylation is 3. The Bertz CT molecular complexity index is 1610. The van der Waals surface area contributed by atoms with E-state index < -0.39 is 0 Å². The van der Waals surface area contributed by atoms with Gasteiger partial charge in [-0.1, -0.05) is 6.07 Å². The first-order chi connectivity index (χ1) is 20.0. The number of hydrogen-bond acceptors (Lipinski definition) is 7. The molecule has 1 aliphatic carbocycles. The summed E-state index contributed by atoms with van der Waals surface area (Å²) in [6, 6.07) is 14.5. The minimum Gasteiger partial charge on any atom is -0.454 e. The Hall–Kier alpha value is -4.11. The molecule has 3 aliphatic rings. The van der Waals surface area contributed by atoms with E-state index >= 15 is 0 Å². The molecule has 0 atom stereocenters. The molecule has 4 aromatic rings. The van der Waals surface area contributed by atoms with Gasteiger partial charge in [0.25, 0.3) is 0 Å². The van der Waals surface area contributed by atoms with Crippen LogP contribution >= 0.6 is 0 Å². The van der Waals surface area contributed by atoms with Gasteiger partial charge in [0.15, 0.2) is 11.5 Å². The molecule has 2 aromatic carbocycles. The van der Waals surface area contributed by atoms with E-state index in [1.54, 1.807) is 4.68 Å². The third kappa shape index (κ3) is 5.34. The molecule has 4 heterocycles. The number of rotatable bonds is 7. The zero-order valence-electron chi connectivity index (χ0n) is 23.4. The van der Waals surface area contributed by atoms with Gasteiger partial charge in [-0.15, -0.1) is 0 Å². The lowest BCUT2D eigenvalue weighted by Crippen LogP contribution is -2.38. The number of nitrogens with zero attached hydrogens (tertiary/aromatic N) is 5. The molecular weight excluding hydrogens is 518 g/mol. The zero-order chi connectivity index (χ0) is 27.9. The van der Waals surface area contributed by atoms with Crippen LogP contribution in [-0.4, -0.2) is 56.7 Å². The van der Waals surface area contributed by atoms with E-state index in [2.05, 4.69) is 28.2 Å². The van der Waals surface area contributed by atoms with Gasteiger partial charge in [-0.2, -0.15) is 5.10 Å². The number of pyridine rings is 1. The number of carbonyl (C=O) groups is 1. The Morgan fingerprint density at radius 3 is 2.63 bits per heavy atom. The smallest absolute Gasteiger partial charge is 0.244 e. The average Bonchev–Trinajstić information content (AvgIpc) is 3.72. The average molecular weight is 554 g/mol. The van der Waals surface area contributed by atoms with Crippen molar-refractivity contribution in [1.29, 1.82) is 0 Å². The molecule has 7 rings (SSSR count). The highest BCUT2D eigenvalue weighted by Crippen LogP contribution is 2.34. The number of anilines is 1. The molecule has 1 fully saturated rings. The number of piperidine rings is 1. The van der Waals surface area contributed by atoms with Gasteiger partial charge < -0.3 is 24.4 Å². The summed E-state index contributed by atoms with van der Waals surface area (Å²) in [7, 11) is 0. The lowest BCUT2D eigenvalue weighted by molar-refractivity contribution is -0.133. The van der Waals surface area contributed by atoms with Crippen LogP contribution in [0.2, 0.25) is 0 Å². The minimum atomic E-state index is -0.278. The predicted octanol–water partition coefficient (Wildman–Crippen LogP) is 4.15. The maximum absolute atomic E-state index is 13.9. The number of aliphatic hydroxyl groups is 1. The van der Waals surface area contributed by atoms with Gasteiger partial charge in [-0.25, -0.2) is 4.98 Å². The molecule has 0 bridgehead atoms. The fourth-order valence-electron chi connectivity index (χ4n) is 6.24. The van der Waals surface area contributed by atoms with E-state index in [1.165, 1.54) is 17.5 Å². The number of aromatic nitrogens is 3. The lowest BCUT2D eigenvalue weighted by atomic mass is 10.0. The van der Waals surface area contributed by atoms with Crippen LogP contribution in [0.25, 0.3) is 10.9 Å². The standard InChI is InChI=1S/C32H35N5O4/c1-21-7-12-37(34-21)19-31(39)36(17-22-5-6-29-30(13-22)41-20-40-29)18-26-15-25-14-23-3-2-4-24(23)16-28(25)33-32(26)35-10-8-27(38)9-11-35/h5-7,12-16,27,38H,2-4,8-11,17-20H2,1H3. The van der Waals surface area contributed by atoms with E-state index in [0.717, 1.165) is 65.2 Å². The topological polar surface area (TPSA) is 93.0 Å². The van der Waals surface area contributed by atoms with Crippen molar-refractivity contribution >= 4 is 22.6 Å². The highest BCUT2D eigenvalue weighted by Gasteiger charge is 2.25. The van der Waals surface area contributed by atoms with E-state index in [0.29, 0.717) is 31.7 Å². The molecule has 0 spiro atoms. The number of benzene rings is 2. The third-order valence-corrected chi connectivity index (χ3v) is 8.44. The van der Waals surface area contributed by atoms with Crippen LogP contribution in [0.3, 0.4) is 0 Å². The number of fused-ring (bicyclic) bond motifs is 3. The van der Waals surface area contributed by atoms with Crippen LogP contribution < -0.4 is 14.4 Å². The number of amides is 1. The van der Waals surface area contributed by atoms with Gasteiger partial charge >= 0.3 is 0 Å². The maximum Gasteiger partial charge on any atom is 0.244 e. The van der Waals surface area contributed by atoms with Crippen LogP contribution in [0.5, 0.6) is 11.5 Å². The van der Waals surface area contributed by atoms with E-state index in [1.807, 2.05) is 42.3 Å². The van der Waals surface area contributed by atoms with Gasteiger partial charge in [-0.05, 0) is 92.1 Å². The first kappa shape index (κ1) is 25.8. The van der Waals surface area contributed by atoms with Crippen molar-refractivity contribution in [2.75, 3.05) is 24.8 Å². The lowest BCUT2D eigenvalue weighted by Gasteiger charge is -2.33. The van der Waals surface area contributed by atoms with E-state index in [9.17, 15) is 9.90 Å². The fourth-order valence-corrected chi connectivity index (χ4v) is 6.24. The monoisotopic (exact) mass is 553 g/mol. The van der Waals surface area contributed by atoms with Gasteiger partial charge in [0.1, 0.15) is 12.4 Å². The molecule has 1 amide bonds. The SMILES string of the molecule is Cc1ccn(CC(=O)N(Cc2ccc3c(c2)OCO3)Cc2cc3cc4c(cc3nc2N2CCC(O)CC2)CCC4)n1. The Morgan fingerprint density at radius 2 is 1.83 bits per heavy atom. The number of aliphatic hydroxyl groups excluding tert-OH is 1. The van der Waals surface area contributed by atoms with Gasteiger partial charge in [0.05, 0.1) is 17.3 Å². The first-order valence-electron chi connectivity index (χ1n) is 14.5. The molecular formula is C32H35N5O4. The Kier molecular flexibility index (Phi) is 6.74. The number of ether oxygens (including phenoxy) is 2. The van der Waals surface area contributed by atoms with Crippen molar-refractivity contribution in [1.82, 2.24) is 19.7 Å². The molecule has 0 saturated carbocycles. The highest BCUT2D eigenvalue weighted by atomic mass is 16.7. The first-order valence-corrected chi connectivity index (χ1v) is 14.5. The Labute approximate surface area is 239 Å². The summed E-state index contributed by atoms with van der Waals surface area (Å²) in [6.07, 6.45) is 6.37. The summed E-state index contributed by atoms with van der Waals surface area (Å²) in [6.45, 7) is 4.57. The largest absolute Gasteiger partial charge is 0.454 e. The van der Waals surface area contributed by atoms with E-state index in [-0.39, 0.29) is 25.3 Å². The van der Waals surface area contributed by atoms with Crippen molar-refractivity contribution in [3.8, 4) is 11.5 Å². The second kappa shape index (κ2) is 10.7. The van der Waals surface area contributed by atoms with Crippen molar-refractivity contribution in [3.05, 3.63) is 76.6 Å². The molecule has 1 N–H and O–H groups in total. The van der Waals surface area contributed by atoms with E-state index in [4.69, 9.17) is 14.5 Å². The van der Waals surface area contributed by atoms with Crippen LogP contribution in [0.4, 0.5) is 5.82 Å². The van der Waals surface area contributed by atoms with Crippen molar-refractivity contribution in [2.24, 2.45) is 0 Å². The minimum absolute atomic E-state index is 0.0279. The molecule has 2 aliphatic heterocycles. The fraction of sp³-hybridized carbons (Fsp3) is 0.406. The second-order valence-corrected chi connectivity index (χ2v) is 11.4. The summed E-state index contributed by atoms with van der Waals surface area (Å²) >= 11 is 0. The molecule has 1 saturated heterocycles. The van der Waals surface area contributed by atoms with Crippen LogP contribution in [0.1, 0.15) is 47.2 Å². The Morgan fingerprint density at radius 1 is 1.02 bits per heavy atom. The van der Waals surface area contributed by atoms with Gasteiger partial charge in [-0.3, -0.25) is 9.48 Å². The molecule has 0 radical (unpaired) electrons. The maximum atomic E-state index is 13.9. The quantitative estimate of drug-likeness (QED) is 0.368. The molecule has 41 heavy (non-hydrogen) atoms. The number of hydrogen-bond donors (Lipinski definition) is 1. The Balaban J connectivity index is 1.26. The van der Waals surface area contributed by atoms with Crippen molar-refractivity contribution < 1.29 is 19.4 Å².